The fourth-order valence-electron chi connectivity index (χ4n) is 4.19. The van der Waals surface area contributed by atoms with Gasteiger partial charge in [0, 0.05) is 13.1 Å². The Kier molecular flexibility index (Phi) is 10.7. The molecule has 0 radical (unpaired) electrons. The first kappa shape index (κ1) is 30.6. The molecule has 0 saturated heterocycles. The molecule has 0 spiro atoms. The molecule has 8 nitrogen and oxygen atoms in total. The van der Waals surface area contributed by atoms with E-state index in [4.69, 9.17) is 4.74 Å². The van der Waals surface area contributed by atoms with E-state index in [0.29, 0.717) is 18.7 Å². The Morgan fingerprint density at radius 3 is 2.12 bits per heavy atom. The van der Waals surface area contributed by atoms with Crippen LogP contribution in [0.25, 0.3) is 0 Å². The zero-order valence-corrected chi connectivity index (χ0v) is 24.1. The Morgan fingerprint density at radius 1 is 0.950 bits per heavy atom. The van der Waals surface area contributed by atoms with Crippen LogP contribution in [-0.4, -0.2) is 51.4 Å². The molecule has 0 aliphatic rings. The second kappa shape index (κ2) is 13.9. The van der Waals surface area contributed by atoms with Crippen molar-refractivity contribution >= 4 is 27.5 Å². The van der Waals surface area contributed by atoms with Crippen LogP contribution in [-0.2, 0) is 26.2 Å². The first-order chi connectivity index (χ1) is 19.1. The summed E-state index contributed by atoms with van der Waals surface area (Å²) in [5.41, 5.74) is 1.93. The van der Waals surface area contributed by atoms with Gasteiger partial charge in [-0.2, -0.15) is 0 Å². The molecule has 0 heterocycles. The average Bonchev–Trinajstić information content (AvgIpc) is 2.95. The second-order valence-electron chi connectivity index (χ2n) is 9.39. The van der Waals surface area contributed by atoms with Crippen LogP contribution in [0.5, 0.6) is 5.75 Å². The van der Waals surface area contributed by atoms with Crippen LogP contribution in [0.4, 0.5) is 10.1 Å². The van der Waals surface area contributed by atoms with Crippen LogP contribution in [0, 0.1) is 12.7 Å². The average molecular weight is 570 g/mol. The molecule has 0 aliphatic carbocycles. The van der Waals surface area contributed by atoms with Crippen molar-refractivity contribution in [2.75, 3.05) is 24.5 Å². The predicted octanol–water partition coefficient (Wildman–Crippen LogP) is 4.67. The molecule has 0 unspecified atom stereocenters. The smallest absolute Gasteiger partial charge is 0.264 e. The van der Waals surface area contributed by atoms with Crippen LogP contribution in [0.15, 0.2) is 77.7 Å². The molecular weight excluding hydrogens is 533 g/mol. The summed E-state index contributed by atoms with van der Waals surface area (Å²) < 4.78 is 47.4. The summed E-state index contributed by atoms with van der Waals surface area (Å²) in [5, 5.41) is 2.86. The summed E-state index contributed by atoms with van der Waals surface area (Å²) >= 11 is 0. The van der Waals surface area contributed by atoms with Crippen molar-refractivity contribution in [2.24, 2.45) is 0 Å². The number of benzene rings is 3. The highest BCUT2D eigenvalue weighted by Gasteiger charge is 2.33. The van der Waals surface area contributed by atoms with E-state index < -0.39 is 34.3 Å². The fourth-order valence-corrected chi connectivity index (χ4v) is 5.60. The number of anilines is 1. The van der Waals surface area contributed by atoms with Gasteiger partial charge in [0.15, 0.2) is 0 Å². The molecule has 3 aromatic carbocycles. The summed E-state index contributed by atoms with van der Waals surface area (Å²) in [7, 11) is -2.71. The van der Waals surface area contributed by atoms with E-state index in [2.05, 4.69) is 5.32 Å². The molecule has 10 heteroatoms. The fraction of sp³-hybridized carbons (Fsp3) is 0.333. The van der Waals surface area contributed by atoms with E-state index in [1.807, 2.05) is 13.8 Å². The van der Waals surface area contributed by atoms with Crippen molar-refractivity contribution in [3.05, 3.63) is 89.7 Å². The molecule has 3 rings (SSSR count). The lowest BCUT2D eigenvalue weighted by Gasteiger charge is -2.33. The number of rotatable bonds is 13. The number of halogens is 1. The number of methoxy groups -OCH3 is 1. The zero-order valence-electron chi connectivity index (χ0n) is 23.3. The first-order valence-electron chi connectivity index (χ1n) is 13.2. The lowest BCUT2D eigenvalue weighted by Crippen LogP contribution is -2.52. The number of hydrogen-bond acceptors (Lipinski definition) is 5. The Bertz CT molecular complexity index is 1380. The molecule has 0 fully saturated rings. The van der Waals surface area contributed by atoms with Crippen LogP contribution in [0.3, 0.4) is 0 Å². The number of aryl methyl sites for hydroxylation is 1. The number of nitrogens with zero attached hydrogens (tertiary/aromatic N) is 2. The van der Waals surface area contributed by atoms with Crippen molar-refractivity contribution in [3.63, 3.8) is 0 Å². The van der Waals surface area contributed by atoms with E-state index in [-0.39, 0.29) is 23.0 Å². The molecule has 214 valence electrons. The Morgan fingerprint density at radius 2 is 1.57 bits per heavy atom. The third-order valence-corrected chi connectivity index (χ3v) is 8.24. The SMILES string of the molecule is CCCNC(=O)[C@@H](CC)N(Cc1ccc(OC)cc1)C(=O)CN(c1ccc(C)cc1)S(=O)(=O)c1ccc(F)cc1. The van der Waals surface area contributed by atoms with E-state index in [9.17, 15) is 22.4 Å². The molecule has 0 aliphatic heterocycles. The first-order valence-corrected chi connectivity index (χ1v) is 14.6. The number of ether oxygens (including phenoxy) is 1. The van der Waals surface area contributed by atoms with Gasteiger partial charge in [0.25, 0.3) is 10.0 Å². The quantitative estimate of drug-likeness (QED) is 0.323. The Labute approximate surface area is 235 Å². The van der Waals surface area contributed by atoms with E-state index in [1.54, 1.807) is 62.6 Å². The second-order valence-corrected chi connectivity index (χ2v) is 11.2. The van der Waals surface area contributed by atoms with E-state index >= 15 is 0 Å². The van der Waals surface area contributed by atoms with Gasteiger partial charge in [-0.05, 0) is 73.9 Å². The van der Waals surface area contributed by atoms with Gasteiger partial charge in [0.2, 0.25) is 11.8 Å². The minimum atomic E-state index is -4.26. The van der Waals surface area contributed by atoms with Gasteiger partial charge in [0.1, 0.15) is 24.2 Å². The van der Waals surface area contributed by atoms with Crippen molar-refractivity contribution in [1.82, 2.24) is 10.2 Å². The molecule has 3 aromatic rings. The third-order valence-electron chi connectivity index (χ3n) is 6.45. The molecule has 40 heavy (non-hydrogen) atoms. The molecule has 1 N–H and O–H groups in total. The van der Waals surface area contributed by atoms with Crippen molar-refractivity contribution in [3.8, 4) is 5.75 Å². The summed E-state index contributed by atoms with van der Waals surface area (Å²) in [6, 6.07) is 17.4. The lowest BCUT2D eigenvalue weighted by molar-refractivity contribution is -0.140. The number of hydrogen-bond donors (Lipinski definition) is 1. The summed E-state index contributed by atoms with van der Waals surface area (Å²) in [6.07, 6.45) is 1.05. The zero-order chi connectivity index (χ0) is 29.3. The summed E-state index contributed by atoms with van der Waals surface area (Å²) in [6.45, 7) is 5.58. The lowest BCUT2D eigenvalue weighted by atomic mass is 10.1. The molecule has 0 aromatic heterocycles. The van der Waals surface area contributed by atoms with Gasteiger partial charge in [-0.15, -0.1) is 0 Å². The highest BCUT2D eigenvalue weighted by Crippen LogP contribution is 2.25. The number of nitrogens with one attached hydrogen (secondary N) is 1. The van der Waals surface area contributed by atoms with Crippen molar-refractivity contribution in [2.45, 2.75) is 51.1 Å². The monoisotopic (exact) mass is 569 g/mol. The largest absolute Gasteiger partial charge is 0.497 e. The van der Waals surface area contributed by atoms with Gasteiger partial charge < -0.3 is 15.0 Å². The standard InChI is InChI=1S/C30H36FN3O5S/c1-5-19-32-30(36)28(6-2)33(20-23-9-15-26(39-4)16-10-23)29(35)21-34(25-13-7-22(3)8-14-25)40(37,38)27-17-11-24(31)12-18-27/h7-18,28H,5-6,19-21H2,1-4H3,(H,32,36)/t28-/m1/s1. The highest BCUT2D eigenvalue weighted by atomic mass is 32.2. The van der Waals surface area contributed by atoms with Crippen LogP contribution in [0.2, 0.25) is 0 Å². The minimum absolute atomic E-state index is 0.0826. The number of carbonyl (C=O) groups is 2. The third kappa shape index (κ3) is 7.59. The Balaban J connectivity index is 2.03. The summed E-state index contributed by atoms with van der Waals surface area (Å²) in [4.78, 5) is 28.4. The molecule has 2 amide bonds. The molecule has 0 bridgehead atoms. The maximum Gasteiger partial charge on any atom is 0.264 e. The summed E-state index contributed by atoms with van der Waals surface area (Å²) in [5.74, 6) is -0.799. The molecule has 0 saturated carbocycles. The van der Waals surface area contributed by atoms with Crippen LogP contribution >= 0.6 is 0 Å². The minimum Gasteiger partial charge on any atom is -0.497 e. The maximum absolute atomic E-state index is 14.0. The number of sulfonamides is 1. The van der Waals surface area contributed by atoms with Crippen molar-refractivity contribution < 1.29 is 27.1 Å². The van der Waals surface area contributed by atoms with Crippen LogP contribution < -0.4 is 14.4 Å². The van der Waals surface area contributed by atoms with Gasteiger partial charge in [-0.25, -0.2) is 12.8 Å². The normalized spacial score (nSPS) is 11.9. The topological polar surface area (TPSA) is 96.0 Å². The van der Waals surface area contributed by atoms with E-state index in [1.165, 1.54) is 17.0 Å². The Hall–Kier alpha value is -3.92. The van der Waals surface area contributed by atoms with Gasteiger partial charge in [-0.1, -0.05) is 43.7 Å². The van der Waals surface area contributed by atoms with E-state index in [0.717, 1.165) is 34.0 Å². The van der Waals surface area contributed by atoms with Crippen LogP contribution in [0.1, 0.15) is 37.8 Å². The number of amides is 2. The predicted molar refractivity (Wildman–Crippen MR) is 153 cm³/mol. The van der Waals surface area contributed by atoms with Gasteiger partial charge in [0.05, 0.1) is 17.7 Å². The maximum atomic E-state index is 14.0. The van der Waals surface area contributed by atoms with Gasteiger partial charge in [-0.3, -0.25) is 13.9 Å². The highest BCUT2D eigenvalue weighted by molar-refractivity contribution is 7.92. The van der Waals surface area contributed by atoms with Gasteiger partial charge >= 0.3 is 0 Å². The van der Waals surface area contributed by atoms with Crippen molar-refractivity contribution in [1.29, 1.82) is 0 Å². The molecular formula is C30H36FN3O5S. The molecule has 1 atom stereocenters. The number of carbonyl (C=O) groups excluding carboxylic acids is 2.